The van der Waals surface area contributed by atoms with Gasteiger partial charge in [-0.2, -0.15) is 10.2 Å². The Hall–Kier alpha value is -5.27. The minimum atomic E-state index is -0.599. The Balaban J connectivity index is 0.000000198. The lowest BCUT2D eigenvalue weighted by Crippen LogP contribution is -2.56. The molecule has 0 spiro atoms. The third kappa shape index (κ3) is 16.5. The summed E-state index contributed by atoms with van der Waals surface area (Å²) in [5.74, 6) is 1.03. The van der Waals surface area contributed by atoms with Crippen molar-refractivity contribution in [1.29, 1.82) is 5.41 Å². The Morgan fingerprint density at radius 1 is 0.585 bits per heavy atom. The zero-order valence-electron chi connectivity index (χ0n) is 48.0. The number of rotatable bonds is 20. The summed E-state index contributed by atoms with van der Waals surface area (Å²) < 4.78 is 4.00. The predicted octanol–water partition coefficient (Wildman–Crippen LogP) is 8.09. The van der Waals surface area contributed by atoms with Gasteiger partial charge in [0.1, 0.15) is 25.3 Å². The smallest absolute Gasteiger partial charge is 0.261 e. The molecule has 0 bridgehead atoms. The quantitative estimate of drug-likeness (QED) is 0.0462. The molecule has 0 radical (unpaired) electrons. The SMILES string of the molecule is N=CC(=O)NC1CCC(N[C@H](Cc2ccc(Cl)cc2)C(=O)N2CCC(Cn3cncn3)(C3CCCCC3)CC2)CC1.NC(=O)C(N)C1CCC(N[C@H](Cc2ccc(Cl)cc2)C(=O)N2CCC(Cn3cncn3)(C3CCCCC3)CC2)CC1. The number of primary amides is 1. The summed E-state index contributed by atoms with van der Waals surface area (Å²) >= 11 is 12.3. The number of nitrogens with two attached hydrogens (primary N) is 2. The lowest BCUT2D eigenvalue weighted by atomic mass is 9.63. The molecule has 20 heteroatoms. The van der Waals surface area contributed by atoms with E-state index in [2.05, 4.69) is 45.9 Å². The molecule has 4 saturated carbocycles. The minimum Gasteiger partial charge on any atom is -0.368 e. The number of carbonyl (C=O) groups is 4. The van der Waals surface area contributed by atoms with Crippen molar-refractivity contribution in [3.05, 3.63) is 95.0 Å². The second kappa shape index (κ2) is 29.5. The molecule has 4 aromatic rings. The van der Waals surface area contributed by atoms with Gasteiger partial charge in [-0.3, -0.25) is 28.5 Å². The van der Waals surface area contributed by atoms with Crippen LogP contribution < -0.4 is 27.4 Å². The maximum Gasteiger partial charge on any atom is 0.261 e. The first kappa shape index (κ1) is 61.3. The van der Waals surface area contributed by atoms with Crippen LogP contribution in [-0.4, -0.2) is 132 Å². The molecular formula is C62H90Cl2N14O4. The molecule has 4 aliphatic carbocycles. The van der Waals surface area contributed by atoms with Crippen LogP contribution in [-0.2, 0) is 45.1 Å². The highest BCUT2D eigenvalue weighted by Crippen LogP contribution is 2.48. The van der Waals surface area contributed by atoms with E-state index < -0.39 is 11.9 Å². The molecule has 446 valence electrons. The van der Waals surface area contributed by atoms with Crippen molar-refractivity contribution in [3.8, 4) is 0 Å². The first-order valence-electron chi connectivity index (χ1n) is 30.9. The molecule has 2 aromatic carbocycles. The maximum absolute atomic E-state index is 14.1. The molecule has 82 heavy (non-hydrogen) atoms. The molecule has 6 aliphatic rings. The highest BCUT2D eigenvalue weighted by Gasteiger charge is 2.46. The molecule has 10 rings (SSSR count). The van der Waals surface area contributed by atoms with E-state index in [-0.39, 0.29) is 64.7 Å². The zero-order chi connectivity index (χ0) is 57.5. The summed E-state index contributed by atoms with van der Waals surface area (Å²) in [4.78, 5) is 64.1. The molecule has 8 N–H and O–H groups in total. The average molecular weight is 1170 g/mol. The van der Waals surface area contributed by atoms with Gasteiger partial charge in [-0.25, -0.2) is 9.97 Å². The Morgan fingerprint density at radius 2 is 0.976 bits per heavy atom. The second-order valence-corrected chi connectivity index (χ2v) is 25.9. The van der Waals surface area contributed by atoms with Gasteiger partial charge < -0.3 is 42.6 Å². The van der Waals surface area contributed by atoms with E-state index in [4.69, 9.17) is 40.1 Å². The Bertz CT molecular complexity index is 2620. The fourth-order valence-corrected chi connectivity index (χ4v) is 15.4. The topological polar surface area (TPSA) is 248 Å². The number of carbonyl (C=O) groups excluding carboxylic acids is 4. The molecule has 2 aromatic heterocycles. The number of likely N-dealkylation sites (tertiary alicyclic amines) is 2. The number of benzene rings is 2. The molecule has 4 amide bonds. The summed E-state index contributed by atoms with van der Waals surface area (Å²) in [5, 5.41) is 27.8. The summed E-state index contributed by atoms with van der Waals surface area (Å²) in [6, 6.07) is 14.9. The van der Waals surface area contributed by atoms with Crippen molar-refractivity contribution in [3.63, 3.8) is 0 Å². The van der Waals surface area contributed by atoms with E-state index >= 15 is 0 Å². The maximum atomic E-state index is 14.1. The average Bonchev–Trinajstić information content (AvgIpc) is 4.30. The van der Waals surface area contributed by atoms with Crippen LogP contribution in [0.1, 0.15) is 152 Å². The van der Waals surface area contributed by atoms with Crippen molar-refractivity contribution in [2.24, 2.45) is 40.1 Å². The van der Waals surface area contributed by atoms with E-state index in [1.165, 1.54) is 64.2 Å². The largest absolute Gasteiger partial charge is 0.368 e. The summed E-state index contributed by atoms with van der Waals surface area (Å²) in [7, 11) is 0. The molecule has 6 fully saturated rings. The number of amides is 4. The van der Waals surface area contributed by atoms with E-state index in [1.54, 1.807) is 12.7 Å². The van der Waals surface area contributed by atoms with Gasteiger partial charge in [0.2, 0.25) is 17.7 Å². The number of aromatic nitrogens is 6. The lowest BCUT2D eigenvalue weighted by molar-refractivity contribution is -0.138. The van der Waals surface area contributed by atoms with E-state index in [0.29, 0.717) is 34.7 Å². The molecule has 4 heterocycles. The molecule has 2 saturated heterocycles. The molecule has 1 unspecified atom stereocenters. The number of hydrogen-bond donors (Lipinski definition) is 6. The van der Waals surface area contributed by atoms with E-state index in [1.807, 2.05) is 70.5 Å². The Kier molecular flexibility index (Phi) is 22.1. The zero-order valence-corrected chi connectivity index (χ0v) is 49.5. The van der Waals surface area contributed by atoms with Crippen LogP contribution in [0.15, 0.2) is 73.8 Å². The number of nitrogens with one attached hydrogen (secondary N) is 4. The fraction of sp³-hybridized carbons (Fsp3) is 0.661. The van der Waals surface area contributed by atoms with E-state index in [0.717, 1.165) is 134 Å². The van der Waals surface area contributed by atoms with Crippen molar-refractivity contribution in [2.45, 2.75) is 203 Å². The minimum absolute atomic E-state index is 0.0903. The van der Waals surface area contributed by atoms with Crippen LogP contribution in [0.4, 0.5) is 0 Å². The van der Waals surface area contributed by atoms with Gasteiger partial charge in [-0.05, 0) is 180 Å². The fourth-order valence-electron chi connectivity index (χ4n) is 15.1. The Labute approximate surface area is 495 Å². The molecule has 18 nitrogen and oxygen atoms in total. The van der Waals surface area contributed by atoms with Crippen LogP contribution in [0.25, 0.3) is 0 Å². The number of hydrogen-bond acceptors (Lipinski definition) is 12. The third-order valence-electron chi connectivity index (χ3n) is 20.0. The van der Waals surface area contributed by atoms with Crippen LogP contribution in [0, 0.1) is 34.0 Å². The van der Waals surface area contributed by atoms with Crippen LogP contribution >= 0.6 is 23.2 Å². The predicted molar refractivity (Wildman–Crippen MR) is 320 cm³/mol. The van der Waals surface area contributed by atoms with Crippen molar-refractivity contribution in [2.75, 3.05) is 26.2 Å². The van der Waals surface area contributed by atoms with Crippen LogP contribution in [0.5, 0.6) is 0 Å². The second-order valence-electron chi connectivity index (χ2n) is 25.1. The number of piperidine rings is 2. The van der Waals surface area contributed by atoms with Gasteiger partial charge in [0.15, 0.2) is 0 Å². The normalized spacial score (nSPS) is 24.5. The number of halogens is 2. The number of nitrogens with zero attached hydrogens (tertiary/aromatic N) is 8. The molecular weight excluding hydrogens is 1080 g/mol. The van der Waals surface area contributed by atoms with Gasteiger partial charge in [0, 0.05) is 67.4 Å². The van der Waals surface area contributed by atoms with Crippen LogP contribution in [0.2, 0.25) is 10.0 Å². The summed E-state index contributed by atoms with van der Waals surface area (Å²) in [5.41, 5.74) is 14.0. The summed E-state index contributed by atoms with van der Waals surface area (Å²) in [6.07, 6.45) is 32.7. The van der Waals surface area contributed by atoms with Gasteiger partial charge in [0.05, 0.1) is 24.3 Å². The monoisotopic (exact) mass is 1160 g/mol. The van der Waals surface area contributed by atoms with Gasteiger partial charge in [-0.1, -0.05) is 86.0 Å². The Morgan fingerprint density at radius 3 is 1.34 bits per heavy atom. The van der Waals surface area contributed by atoms with Crippen molar-refractivity contribution >= 4 is 53.0 Å². The standard InChI is InChI=1S/C31H46ClN7O2.C31H44ClN7O2/c32-25-10-6-22(7-11-25)18-27(37-26-12-8-23(9-13-26)28(33)29(34)40)30(41)38-16-14-31(15-17-38,19-39-21-35-20-36-39)24-4-2-1-3-5-24;32-25-8-6-23(7-9-25)18-28(36-26-10-12-27(13-11-26)37-29(40)19-33)30(41)38-16-14-31(15-17-38,20-39-22-34-21-35-39)24-4-2-1-3-5-24/h6-7,10-11,20-21,23-24,26-28,37H,1-5,8-9,12-19,33H2,(H2,34,40);6-9,19,21-22,24,26-28,33,36H,1-5,10-18,20H2,(H,37,40)/t23?,26?,27-,28?;26?,27?,28-/m11/s1. The van der Waals surface area contributed by atoms with Gasteiger partial charge in [-0.15, -0.1) is 0 Å². The van der Waals surface area contributed by atoms with E-state index in [9.17, 15) is 19.2 Å². The first-order chi connectivity index (χ1) is 39.8. The van der Waals surface area contributed by atoms with Crippen LogP contribution in [0.3, 0.4) is 0 Å². The molecule has 2 aliphatic heterocycles. The highest BCUT2D eigenvalue weighted by atomic mass is 35.5. The summed E-state index contributed by atoms with van der Waals surface area (Å²) in [6.45, 7) is 4.83. The third-order valence-corrected chi connectivity index (χ3v) is 20.5. The first-order valence-corrected chi connectivity index (χ1v) is 31.6. The van der Waals surface area contributed by atoms with Crippen molar-refractivity contribution < 1.29 is 19.2 Å². The van der Waals surface area contributed by atoms with Crippen molar-refractivity contribution in [1.82, 2.24) is 55.3 Å². The lowest BCUT2D eigenvalue weighted by Gasteiger charge is -2.48. The van der Waals surface area contributed by atoms with Gasteiger partial charge >= 0.3 is 0 Å². The van der Waals surface area contributed by atoms with Gasteiger partial charge in [0.25, 0.3) is 5.91 Å². The highest BCUT2D eigenvalue weighted by molar-refractivity contribution is 6.30. The molecule has 3 atom stereocenters.